The average molecular weight is 436 g/mol. The number of thioether (sulfide) groups is 1. The molecular formula is C16H10Cl4N2O2S. The van der Waals surface area contributed by atoms with Crippen LogP contribution in [0.3, 0.4) is 0 Å². The molecule has 0 bridgehead atoms. The zero-order chi connectivity index (χ0) is 18.6. The lowest BCUT2D eigenvalue weighted by Crippen LogP contribution is -2.29. The summed E-state index contributed by atoms with van der Waals surface area (Å²) < 4.78 is 0. The van der Waals surface area contributed by atoms with Gasteiger partial charge < -0.3 is 5.32 Å². The van der Waals surface area contributed by atoms with E-state index in [9.17, 15) is 9.59 Å². The van der Waals surface area contributed by atoms with E-state index in [1.54, 1.807) is 6.26 Å². The summed E-state index contributed by atoms with van der Waals surface area (Å²) in [5.74, 6) is -1.02. The summed E-state index contributed by atoms with van der Waals surface area (Å²) in [5, 5.41) is 3.85. The molecule has 9 heteroatoms. The third-order valence-electron chi connectivity index (χ3n) is 2.97. The first-order valence-corrected chi connectivity index (χ1v) is 9.44. The molecule has 0 fully saturated rings. The number of aliphatic imine (C=N–C) groups is 1. The third-order valence-corrected chi connectivity index (χ3v) is 5.02. The minimum atomic E-state index is -0.558. The number of hydrogen-bond donors (Lipinski definition) is 1. The first kappa shape index (κ1) is 20.1. The van der Waals surface area contributed by atoms with E-state index in [-0.39, 0.29) is 26.3 Å². The van der Waals surface area contributed by atoms with E-state index in [4.69, 9.17) is 46.4 Å². The molecule has 0 aromatic heterocycles. The summed E-state index contributed by atoms with van der Waals surface area (Å²) in [6.45, 7) is 0. The molecule has 0 heterocycles. The van der Waals surface area contributed by atoms with Crippen molar-refractivity contribution in [3.05, 3.63) is 67.6 Å². The normalized spacial score (nSPS) is 11.3. The SMILES string of the molecule is CSC(=NC(=O)c1ccc(Cl)c(Cl)c1)NC(=O)c1ccc(Cl)c(Cl)c1. The molecule has 0 aliphatic carbocycles. The van der Waals surface area contributed by atoms with E-state index >= 15 is 0 Å². The molecule has 0 unspecified atom stereocenters. The van der Waals surface area contributed by atoms with Gasteiger partial charge in [0.05, 0.1) is 20.1 Å². The summed E-state index contributed by atoms with van der Waals surface area (Å²) in [7, 11) is 0. The van der Waals surface area contributed by atoms with Crippen LogP contribution in [0.4, 0.5) is 0 Å². The van der Waals surface area contributed by atoms with E-state index in [1.165, 1.54) is 36.4 Å². The van der Waals surface area contributed by atoms with Crippen molar-refractivity contribution in [2.75, 3.05) is 6.26 Å². The molecule has 130 valence electrons. The largest absolute Gasteiger partial charge is 0.301 e. The molecule has 2 rings (SSSR count). The van der Waals surface area contributed by atoms with Gasteiger partial charge in [0.1, 0.15) is 0 Å². The standard InChI is InChI=1S/C16H10Cl4N2O2S/c1-25-16(21-14(23)8-2-4-10(17)12(19)6-8)22-15(24)9-3-5-11(18)13(20)7-9/h2-7H,1H3,(H,21,22,23,24). The monoisotopic (exact) mass is 434 g/mol. The quantitative estimate of drug-likeness (QED) is 0.494. The number of nitrogens with zero attached hydrogens (tertiary/aromatic N) is 1. The highest BCUT2D eigenvalue weighted by Crippen LogP contribution is 2.24. The lowest BCUT2D eigenvalue weighted by Gasteiger charge is -2.07. The van der Waals surface area contributed by atoms with E-state index in [2.05, 4.69) is 10.3 Å². The number of benzene rings is 2. The van der Waals surface area contributed by atoms with Crippen molar-refractivity contribution in [2.24, 2.45) is 4.99 Å². The highest BCUT2D eigenvalue weighted by molar-refractivity contribution is 8.13. The molecule has 0 atom stereocenters. The minimum Gasteiger partial charge on any atom is -0.301 e. The molecule has 0 radical (unpaired) electrons. The molecule has 0 saturated heterocycles. The van der Waals surface area contributed by atoms with Crippen LogP contribution in [0, 0.1) is 0 Å². The Hall–Kier alpha value is -1.24. The number of carbonyl (C=O) groups excluding carboxylic acids is 2. The van der Waals surface area contributed by atoms with Gasteiger partial charge in [-0.1, -0.05) is 58.2 Å². The Bertz CT molecular complexity index is 871. The first-order chi connectivity index (χ1) is 11.8. The first-order valence-electron chi connectivity index (χ1n) is 6.70. The van der Waals surface area contributed by atoms with Crippen LogP contribution in [0.2, 0.25) is 20.1 Å². The second kappa shape index (κ2) is 8.92. The van der Waals surface area contributed by atoms with Crippen LogP contribution in [-0.2, 0) is 0 Å². The fraction of sp³-hybridized carbons (Fsp3) is 0.0625. The molecule has 2 aromatic carbocycles. The van der Waals surface area contributed by atoms with Crippen molar-refractivity contribution >= 4 is 75.1 Å². The van der Waals surface area contributed by atoms with Gasteiger partial charge in [-0.3, -0.25) is 9.59 Å². The summed E-state index contributed by atoms with van der Waals surface area (Å²) in [6, 6.07) is 8.86. The van der Waals surface area contributed by atoms with E-state index in [0.29, 0.717) is 10.0 Å². The number of nitrogens with one attached hydrogen (secondary N) is 1. The molecule has 2 aromatic rings. The van der Waals surface area contributed by atoms with Crippen molar-refractivity contribution < 1.29 is 9.59 Å². The van der Waals surface area contributed by atoms with Crippen molar-refractivity contribution in [3.8, 4) is 0 Å². The van der Waals surface area contributed by atoms with Crippen molar-refractivity contribution in [2.45, 2.75) is 0 Å². The van der Waals surface area contributed by atoms with E-state index in [1.807, 2.05) is 0 Å². The number of carbonyl (C=O) groups is 2. The third kappa shape index (κ3) is 5.36. The Kier molecular flexibility index (Phi) is 7.16. The van der Waals surface area contributed by atoms with Gasteiger partial charge in [0.25, 0.3) is 11.8 Å². The molecule has 0 aliphatic rings. The van der Waals surface area contributed by atoms with Crippen molar-refractivity contribution in [3.63, 3.8) is 0 Å². The zero-order valence-corrected chi connectivity index (χ0v) is 16.5. The zero-order valence-electron chi connectivity index (χ0n) is 12.6. The van der Waals surface area contributed by atoms with Crippen LogP contribution < -0.4 is 5.32 Å². The maximum atomic E-state index is 12.2. The topological polar surface area (TPSA) is 58.5 Å². The number of halogens is 4. The van der Waals surface area contributed by atoms with Crippen molar-refractivity contribution in [1.82, 2.24) is 5.32 Å². The van der Waals surface area contributed by atoms with Crippen LogP contribution in [0.15, 0.2) is 41.4 Å². The summed E-state index contributed by atoms with van der Waals surface area (Å²) in [6.07, 6.45) is 1.68. The predicted octanol–water partition coefficient (Wildman–Crippen LogP) is 5.59. The molecule has 0 aliphatic heterocycles. The lowest BCUT2D eigenvalue weighted by atomic mass is 10.2. The van der Waals surface area contributed by atoms with Crippen LogP contribution in [0.5, 0.6) is 0 Å². The fourth-order valence-corrected chi connectivity index (χ4v) is 2.68. The van der Waals surface area contributed by atoms with Gasteiger partial charge >= 0.3 is 0 Å². The minimum absolute atomic E-state index is 0.132. The maximum absolute atomic E-state index is 12.2. The molecular weight excluding hydrogens is 426 g/mol. The lowest BCUT2D eigenvalue weighted by molar-refractivity contribution is 0.0978. The second-order valence-electron chi connectivity index (χ2n) is 4.64. The second-order valence-corrected chi connectivity index (χ2v) is 7.06. The summed E-state index contributed by atoms with van der Waals surface area (Å²) in [5.41, 5.74) is 0.544. The molecule has 4 nitrogen and oxygen atoms in total. The van der Waals surface area contributed by atoms with Crippen LogP contribution in [0.1, 0.15) is 20.7 Å². The van der Waals surface area contributed by atoms with Crippen LogP contribution >= 0.6 is 58.2 Å². The Labute approximate surface area is 168 Å². The van der Waals surface area contributed by atoms with Gasteiger partial charge in [-0.2, -0.15) is 4.99 Å². The Morgan fingerprint density at radius 3 is 1.92 bits per heavy atom. The Morgan fingerprint density at radius 2 is 1.40 bits per heavy atom. The summed E-state index contributed by atoms with van der Waals surface area (Å²) in [4.78, 5) is 28.3. The van der Waals surface area contributed by atoms with E-state index < -0.39 is 11.8 Å². The van der Waals surface area contributed by atoms with Gasteiger partial charge in [0.15, 0.2) is 5.17 Å². The fourth-order valence-electron chi connectivity index (χ4n) is 1.72. The van der Waals surface area contributed by atoms with Crippen LogP contribution in [-0.4, -0.2) is 23.2 Å². The molecule has 2 amide bonds. The maximum Gasteiger partial charge on any atom is 0.279 e. The van der Waals surface area contributed by atoms with Gasteiger partial charge in [-0.25, -0.2) is 0 Å². The Morgan fingerprint density at radius 1 is 0.880 bits per heavy atom. The number of amidine groups is 1. The molecule has 0 spiro atoms. The van der Waals surface area contributed by atoms with Gasteiger partial charge in [-0.05, 0) is 42.7 Å². The average Bonchev–Trinajstić information content (AvgIpc) is 2.58. The highest BCUT2D eigenvalue weighted by atomic mass is 35.5. The predicted molar refractivity (Wildman–Crippen MR) is 106 cm³/mol. The van der Waals surface area contributed by atoms with E-state index in [0.717, 1.165) is 11.8 Å². The number of hydrogen-bond acceptors (Lipinski definition) is 3. The Balaban J connectivity index is 2.18. The van der Waals surface area contributed by atoms with Crippen LogP contribution in [0.25, 0.3) is 0 Å². The van der Waals surface area contributed by atoms with Crippen molar-refractivity contribution in [1.29, 1.82) is 0 Å². The highest BCUT2D eigenvalue weighted by Gasteiger charge is 2.13. The van der Waals surface area contributed by atoms with Gasteiger partial charge in [-0.15, -0.1) is 0 Å². The molecule has 1 N–H and O–H groups in total. The molecule has 25 heavy (non-hydrogen) atoms. The smallest absolute Gasteiger partial charge is 0.279 e. The molecule has 0 saturated carbocycles. The summed E-state index contributed by atoms with van der Waals surface area (Å²) >= 11 is 24.5. The number of rotatable bonds is 2. The van der Waals surface area contributed by atoms with Gasteiger partial charge in [0.2, 0.25) is 0 Å². The van der Waals surface area contributed by atoms with Gasteiger partial charge in [0, 0.05) is 11.1 Å². The number of amides is 2.